The van der Waals surface area contributed by atoms with Gasteiger partial charge in [-0.15, -0.1) is 0 Å². The number of unbranched alkanes of at least 4 members (excludes halogenated alkanes) is 1. The molecule has 0 rings (SSSR count). The van der Waals surface area contributed by atoms with Gasteiger partial charge in [-0.3, -0.25) is 5.26 Å². The molecule has 0 fully saturated rings. The van der Waals surface area contributed by atoms with Crippen molar-refractivity contribution < 1.29 is 10.1 Å². The van der Waals surface area contributed by atoms with Crippen molar-refractivity contribution in [1.82, 2.24) is 0 Å². The van der Waals surface area contributed by atoms with Crippen LogP contribution in [0.1, 0.15) is 73.6 Å². The van der Waals surface area contributed by atoms with Gasteiger partial charge in [-0.05, 0) is 18.3 Å². The van der Waals surface area contributed by atoms with Crippen LogP contribution in [0.5, 0.6) is 0 Å². The van der Waals surface area contributed by atoms with Gasteiger partial charge in [0.1, 0.15) is 0 Å². The molecule has 1 N–H and O–H groups in total. The average Bonchev–Trinajstić information content (AvgIpc) is 2.17. The molecule has 0 aliphatic heterocycles. The number of hydrogen-bond acceptors (Lipinski definition) is 2. The lowest BCUT2D eigenvalue weighted by molar-refractivity contribution is -0.315. The zero-order valence-corrected chi connectivity index (χ0v) is 12.0. The molecule has 0 aliphatic carbocycles. The minimum atomic E-state index is -0.0487. The van der Waals surface area contributed by atoms with Gasteiger partial charge in [-0.2, -0.15) is 0 Å². The van der Waals surface area contributed by atoms with Gasteiger partial charge in [0.05, 0.1) is 6.10 Å². The Morgan fingerprint density at radius 1 is 1.06 bits per heavy atom. The summed E-state index contributed by atoms with van der Waals surface area (Å²) in [5, 5.41) is 9.18. The molecule has 0 bridgehead atoms. The minimum Gasteiger partial charge on any atom is -0.252 e. The van der Waals surface area contributed by atoms with Gasteiger partial charge in [0.15, 0.2) is 0 Å². The first-order valence-corrected chi connectivity index (χ1v) is 6.63. The number of rotatable bonds is 7. The van der Waals surface area contributed by atoms with Gasteiger partial charge in [-0.1, -0.05) is 60.8 Å². The number of hydrogen-bond donors (Lipinski definition) is 1. The van der Waals surface area contributed by atoms with E-state index in [9.17, 15) is 5.26 Å². The van der Waals surface area contributed by atoms with Crippen LogP contribution in [0, 0.1) is 10.8 Å². The molecule has 98 valence electrons. The fourth-order valence-corrected chi connectivity index (χ4v) is 2.42. The Hall–Kier alpha value is -0.0800. The molecule has 0 spiro atoms. The Labute approximate surface area is 101 Å². The van der Waals surface area contributed by atoms with E-state index in [1.165, 1.54) is 0 Å². The molecular formula is C14H30O2. The first kappa shape index (κ1) is 15.9. The van der Waals surface area contributed by atoms with Crippen LogP contribution in [0.3, 0.4) is 0 Å². The quantitative estimate of drug-likeness (QED) is 0.498. The molecule has 0 aromatic carbocycles. The highest BCUT2D eigenvalue weighted by Gasteiger charge is 2.44. The Morgan fingerprint density at radius 3 is 1.94 bits per heavy atom. The van der Waals surface area contributed by atoms with Crippen molar-refractivity contribution in [3.8, 4) is 0 Å². The summed E-state index contributed by atoms with van der Waals surface area (Å²) >= 11 is 0. The third-order valence-electron chi connectivity index (χ3n) is 4.14. The third-order valence-corrected chi connectivity index (χ3v) is 4.14. The Balaban J connectivity index is 4.83. The summed E-state index contributed by atoms with van der Waals surface area (Å²) in [5.41, 5.74) is 0.176. The lowest BCUT2D eigenvalue weighted by Crippen LogP contribution is -2.44. The topological polar surface area (TPSA) is 29.5 Å². The molecule has 0 aliphatic rings. The van der Waals surface area contributed by atoms with Crippen molar-refractivity contribution in [3.05, 3.63) is 0 Å². The van der Waals surface area contributed by atoms with E-state index >= 15 is 0 Å². The second-order valence-electron chi connectivity index (χ2n) is 6.15. The molecule has 16 heavy (non-hydrogen) atoms. The fourth-order valence-electron chi connectivity index (χ4n) is 2.42. The summed E-state index contributed by atoms with van der Waals surface area (Å²) in [6, 6.07) is 0. The van der Waals surface area contributed by atoms with Crippen LogP contribution < -0.4 is 0 Å². The molecule has 0 aromatic heterocycles. The standard InChI is InChI=1S/C14H30O2/c1-7-9-10-12(16-15)14(6,11-8-2)13(3,4)5/h12,15H,7-11H2,1-6H3. The fraction of sp³-hybridized carbons (Fsp3) is 1.00. The maximum Gasteiger partial charge on any atom is 0.0985 e. The molecule has 0 saturated carbocycles. The maximum absolute atomic E-state index is 9.18. The van der Waals surface area contributed by atoms with E-state index in [4.69, 9.17) is 4.89 Å². The summed E-state index contributed by atoms with van der Waals surface area (Å²) in [6.45, 7) is 13.3. The third kappa shape index (κ3) is 3.74. The monoisotopic (exact) mass is 230 g/mol. The lowest BCUT2D eigenvalue weighted by Gasteiger charge is -2.46. The molecule has 0 amide bonds. The Bertz CT molecular complexity index is 184. The van der Waals surface area contributed by atoms with E-state index < -0.39 is 0 Å². The molecule has 2 unspecified atom stereocenters. The van der Waals surface area contributed by atoms with Crippen molar-refractivity contribution in [2.24, 2.45) is 10.8 Å². The van der Waals surface area contributed by atoms with Crippen LogP contribution in [0.4, 0.5) is 0 Å². The van der Waals surface area contributed by atoms with Crippen molar-refractivity contribution in [1.29, 1.82) is 0 Å². The van der Waals surface area contributed by atoms with Gasteiger partial charge < -0.3 is 0 Å². The van der Waals surface area contributed by atoms with Crippen LogP contribution >= 0.6 is 0 Å². The SMILES string of the molecule is CCCCC(OO)C(C)(CCC)C(C)(C)C. The zero-order valence-electron chi connectivity index (χ0n) is 12.0. The van der Waals surface area contributed by atoms with Crippen molar-refractivity contribution in [3.63, 3.8) is 0 Å². The van der Waals surface area contributed by atoms with Crippen molar-refractivity contribution in [2.75, 3.05) is 0 Å². The average molecular weight is 230 g/mol. The first-order valence-electron chi connectivity index (χ1n) is 6.63. The molecule has 0 aromatic rings. The second-order valence-corrected chi connectivity index (χ2v) is 6.15. The summed E-state index contributed by atoms with van der Waals surface area (Å²) in [4.78, 5) is 4.80. The highest BCUT2D eigenvalue weighted by molar-refractivity contribution is 4.92. The van der Waals surface area contributed by atoms with Gasteiger partial charge in [0, 0.05) is 5.41 Å². The van der Waals surface area contributed by atoms with Crippen molar-refractivity contribution in [2.45, 2.75) is 79.8 Å². The lowest BCUT2D eigenvalue weighted by atomic mass is 9.61. The van der Waals surface area contributed by atoms with E-state index in [0.29, 0.717) is 0 Å². The second kappa shape index (κ2) is 6.61. The van der Waals surface area contributed by atoms with E-state index in [2.05, 4.69) is 41.5 Å². The van der Waals surface area contributed by atoms with Gasteiger partial charge in [0.2, 0.25) is 0 Å². The van der Waals surface area contributed by atoms with E-state index in [-0.39, 0.29) is 16.9 Å². The highest BCUT2D eigenvalue weighted by Crippen LogP contribution is 2.47. The first-order chi connectivity index (χ1) is 7.33. The van der Waals surface area contributed by atoms with Crippen LogP contribution in [-0.4, -0.2) is 11.4 Å². The molecule has 2 nitrogen and oxygen atoms in total. The van der Waals surface area contributed by atoms with Crippen LogP contribution in [0.2, 0.25) is 0 Å². The predicted molar refractivity (Wildman–Crippen MR) is 69.5 cm³/mol. The molecule has 0 saturated heterocycles. The van der Waals surface area contributed by atoms with E-state index in [1.54, 1.807) is 0 Å². The summed E-state index contributed by atoms with van der Waals surface area (Å²) in [6.07, 6.45) is 5.37. The summed E-state index contributed by atoms with van der Waals surface area (Å²) < 4.78 is 0. The highest BCUT2D eigenvalue weighted by atomic mass is 17.1. The molecule has 0 heterocycles. The zero-order chi connectivity index (χ0) is 12.8. The van der Waals surface area contributed by atoms with Gasteiger partial charge in [-0.25, -0.2) is 4.89 Å². The largest absolute Gasteiger partial charge is 0.252 e. The molecular weight excluding hydrogens is 200 g/mol. The normalized spacial score (nSPS) is 18.2. The maximum atomic E-state index is 9.18. The Morgan fingerprint density at radius 2 is 1.62 bits per heavy atom. The van der Waals surface area contributed by atoms with Gasteiger partial charge in [0.25, 0.3) is 0 Å². The van der Waals surface area contributed by atoms with Crippen molar-refractivity contribution >= 4 is 0 Å². The molecule has 2 atom stereocenters. The van der Waals surface area contributed by atoms with Crippen LogP contribution in [0.25, 0.3) is 0 Å². The van der Waals surface area contributed by atoms with E-state index in [0.717, 1.165) is 32.1 Å². The van der Waals surface area contributed by atoms with Crippen LogP contribution in [0.15, 0.2) is 0 Å². The summed E-state index contributed by atoms with van der Waals surface area (Å²) in [7, 11) is 0. The molecule has 2 heteroatoms. The Kier molecular flexibility index (Phi) is 6.57. The molecule has 0 radical (unpaired) electrons. The smallest absolute Gasteiger partial charge is 0.0985 e. The predicted octanol–water partition coefficient (Wildman–Crippen LogP) is 4.89. The van der Waals surface area contributed by atoms with E-state index in [1.807, 2.05) is 0 Å². The minimum absolute atomic E-state index is 0.0334. The van der Waals surface area contributed by atoms with Crippen LogP contribution in [-0.2, 0) is 4.89 Å². The summed E-state index contributed by atoms with van der Waals surface area (Å²) in [5.74, 6) is 0. The van der Waals surface area contributed by atoms with Gasteiger partial charge >= 0.3 is 0 Å².